The Kier molecular flexibility index (Phi) is 6.61. The number of benzene rings is 3. The summed E-state index contributed by atoms with van der Waals surface area (Å²) in [5, 5.41) is 10.4. The number of ether oxygens (including phenoxy) is 1. The number of amides is 1. The van der Waals surface area contributed by atoms with Crippen LogP contribution in [-0.2, 0) is 6.61 Å². The minimum Gasteiger partial charge on any atom is -0.487 e. The number of hydrogen-bond donors (Lipinski definition) is 0. The summed E-state index contributed by atoms with van der Waals surface area (Å²) < 4.78 is 24.7. The molecule has 1 aliphatic heterocycles. The third-order valence-corrected chi connectivity index (χ3v) is 7.18. The van der Waals surface area contributed by atoms with Gasteiger partial charge in [-0.25, -0.2) is 9.40 Å². The molecule has 1 aliphatic rings. The van der Waals surface area contributed by atoms with Crippen LogP contribution in [0.3, 0.4) is 0 Å². The number of carbonyl (C=O) groups is 1. The van der Waals surface area contributed by atoms with Crippen LogP contribution in [0.1, 0.15) is 49.4 Å². The average molecular weight is 502 g/mol. The van der Waals surface area contributed by atoms with Gasteiger partial charge in [-0.2, -0.15) is 5.10 Å². The maximum absolute atomic E-state index is 13.7. The van der Waals surface area contributed by atoms with Gasteiger partial charge < -0.3 is 9.26 Å². The first-order valence-electron chi connectivity index (χ1n) is 11.5. The molecule has 0 saturated heterocycles. The standard InChI is InChI=1S/C28H24FN3O3S/c1-17-7-4-5-8-23(17)27(33)32-28(36-26(30-32)20-11-13-21(29)14-12-20)24-9-6-10-25(19(24)3)34-16-22-15-18(2)35-31-22/h4-15,28H,16H2,1-3H3. The lowest BCUT2D eigenvalue weighted by Gasteiger charge is -2.24. The lowest BCUT2D eigenvalue weighted by molar-refractivity contribution is 0.0748. The fourth-order valence-corrected chi connectivity index (χ4v) is 5.27. The fourth-order valence-electron chi connectivity index (χ4n) is 4.02. The van der Waals surface area contributed by atoms with Crippen molar-refractivity contribution in [2.75, 3.05) is 0 Å². The molecule has 36 heavy (non-hydrogen) atoms. The van der Waals surface area contributed by atoms with Gasteiger partial charge in [0.15, 0.2) is 0 Å². The van der Waals surface area contributed by atoms with Gasteiger partial charge in [0.05, 0.1) is 0 Å². The molecule has 0 radical (unpaired) electrons. The summed E-state index contributed by atoms with van der Waals surface area (Å²) in [6.45, 7) is 5.97. The monoisotopic (exact) mass is 501 g/mol. The maximum Gasteiger partial charge on any atom is 0.275 e. The number of hydrazone groups is 1. The highest BCUT2D eigenvalue weighted by Crippen LogP contribution is 2.44. The number of carbonyl (C=O) groups excluding carboxylic acids is 1. The van der Waals surface area contributed by atoms with Crippen LogP contribution in [0.2, 0.25) is 0 Å². The SMILES string of the molecule is Cc1cc(COc2cccc(C3SC(c4ccc(F)cc4)=NN3C(=O)c3ccccc3C)c2C)no1. The fraction of sp³-hybridized carbons (Fsp3) is 0.179. The van der Waals surface area contributed by atoms with E-state index in [-0.39, 0.29) is 18.3 Å². The van der Waals surface area contributed by atoms with Crippen LogP contribution in [0.4, 0.5) is 4.39 Å². The molecule has 4 aromatic rings. The normalized spacial score (nSPS) is 15.2. The molecule has 0 saturated carbocycles. The zero-order chi connectivity index (χ0) is 25.2. The van der Waals surface area contributed by atoms with Crippen molar-refractivity contribution in [3.05, 3.63) is 118 Å². The highest BCUT2D eigenvalue weighted by atomic mass is 32.2. The Morgan fingerprint density at radius 1 is 1.06 bits per heavy atom. The van der Waals surface area contributed by atoms with Crippen LogP contribution in [0.5, 0.6) is 5.75 Å². The predicted molar refractivity (Wildman–Crippen MR) is 137 cm³/mol. The van der Waals surface area contributed by atoms with Gasteiger partial charge in [0.2, 0.25) is 0 Å². The Balaban J connectivity index is 1.50. The van der Waals surface area contributed by atoms with E-state index in [2.05, 4.69) is 5.16 Å². The molecule has 0 spiro atoms. The van der Waals surface area contributed by atoms with Gasteiger partial charge in [-0.3, -0.25) is 4.79 Å². The molecule has 0 bridgehead atoms. The molecule has 1 aromatic heterocycles. The molecular formula is C28H24FN3O3S. The van der Waals surface area contributed by atoms with Gasteiger partial charge >= 0.3 is 0 Å². The molecule has 1 amide bonds. The van der Waals surface area contributed by atoms with Crippen molar-refractivity contribution in [2.45, 2.75) is 32.8 Å². The Labute approximate surface area is 212 Å². The number of halogens is 1. The van der Waals surface area contributed by atoms with Crippen molar-refractivity contribution in [2.24, 2.45) is 5.10 Å². The van der Waals surface area contributed by atoms with E-state index in [0.717, 1.165) is 28.0 Å². The zero-order valence-electron chi connectivity index (χ0n) is 20.1. The predicted octanol–water partition coefficient (Wildman–Crippen LogP) is 6.57. The minimum absolute atomic E-state index is 0.202. The molecule has 3 aromatic carbocycles. The van der Waals surface area contributed by atoms with Crippen LogP contribution >= 0.6 is 11.8 Å². The summed E-state index contributed by atoms with van der Waals surface area (Å²) in [6.07, 6.45) is 0. The van der Waals surface area contributed by atoms with Crippen LogP contribution in [0, 0.1) is 26.6 Å². The van der Waals surface area contributed by atoms with Gasteiger partial charge in [0.1, 0.15) is 40.0 Å². The van der Waals surface area contributed by atoms with Crippen molar-refractivity contribution in [1.29, 1.82) is 0 Å². The van der Waals surface area contributed by atoms with Crippen molar-refractivity contribution >= 4 is 22.7 Å². The second-order valence-corrected chi connectivity index (χ2v) is 9.60. The van der Waals surface area contributed by atoms with E-state index in [0.29, 0.717) is 22.1 Å². The zero-order valence-corrected chi connectivity index (χ0v) is 20.9. The van der Waals surface area contributed by atoms with Crippen molar-refractivity contribution in [3.63, 3.8) is 0 Å². The number of aryl methyl sites for hydroxylation is 2. The van der Waals surface area contributed by atoms with E-state index in [1.807, 2.05) is 63.2 Å². The van der Waals surface area contributed by atoms with Crippen LogP contribution in [0.15, 0.2) is 82.4 Å². The third kappa shape index (κ3) is 4.77. The molecule has 0 aliphatic carbocycles. The van der Waals surface area contributed by atoms with Crippen molar-refractivity contribution in [1.82, 2.24) is 10.2 Å². The largest absolute Gasteiger partial charge is 0.487 e. The quantitative estimate of drug-likeness (QED) is 0.299. The van der Waals surface area contributed by atoms with Crippen LogP contribution in [0.25, 0.3) is 0 Å². The molecule has 2 heterocycles. The molecule has 182 valence electrons. The van der Waals surface area contributed by atoms with E-state index in [1.54, 1.807) is 18.2 Å². The summed E-state index contributed by atoms with van der Waals surface area (Å²) >= 11 is 1.45. The molecule has 0 fully saturated rings. The smallest absolute Gasteiger partial charge is 0.275 e. The Bertz CT molecular complexity index is 1450. The highest BCUT2D eigenvalue weighted by Gasteiger charge is 2.36. The molecular weight excluding hydrogens is 477 g/mol. The van der Waals surface area contributed by atoms with Crippen molar-refractivity contribution < 1.29 is 18.4 Å². The lowest BCUT2D eigenvalue weighted by atomic mass is 10.1. The third-order valence-electron chi connectivity index (χ3n) is 5.96. The molecule has 8 heteroatoms. The summed E-state index contributed by atoms with van der Waals surface area (Å²) in [6, 6.07) is 21.2. The van der Waals surface area contributed by atoms with Gasteiger partial charge in [0, 0.05) is 17.2 Å². The number of nitrogens with zero attached hydrogens (tertiary/aromatic N) is 3. The van der Waals surface area contributed by atoms with E-state index < -0.39 is 5.37 Å². The van der Waals surface area contributed by atoms with Crippen molar-refractivity contribution in [3.8, 4) is 5.75 Å². The Morgan fingerprint density at radius 2 is 1.83 bits per heavy atom. The lowest BCUT2D eigenvalue weighted by Crippen LogP contribution is -2.27. The van der Waals surface area contributed by atoms with Gasteiger partial charge in [-0.05, 0) is 73.9 Å². The number of thioether (sulfide) groups is 1. The number of aromatic nitrogens is 1. The molecule has 0 N–H and O–H groups in total. The van der Waals surface area contributed by atoms with E-state index in [4.69, 9.17) is 14.4 Å². The number of rotatable bonds is 6. The van der Waals surface area contributed by atoms with E-state index in [1.165, 1.54) is 28.9 Å². The number of hydrogen-bond acceptors (Lipinski definition) is 6. The Hall–Kier alpha value is -3.91. The van der Waals surface area contributed by atoms with E-state index in [9.17, 15) is 9.18 Å². The molecule has 5 rings (SSSR count). The van der Waals surface area contributed by atoms with E-state index >= 15 is 0 Å². The second-order valence-electron chi connectivity index (χ2n) is 8.53. The summed E-state index contributed by atoms with van der Waals surface area (Å²) in [4.78, 5) is 13.7. The van der Waals surface area contributed by atoms with Crippen LogP contribution < -0.4 is 4.74 Å². The first-order chi connectivity index (χ1) is 17.4. The Morgan fingerprint density at radius 3 is 2.56 bits per heavy atom. The average Bonchev–Trinajstić information content (AvgIpc) is 3.50. The molecule has 1 unspecified atom stereocenters. The second kappa shape index (κ2) is 9.99. The van der Waals surface area contributed by atoms with Gasteiger partial charge in [0.25, 0.3) is 5.91 Å². The molecule has 1 atom stereocenters. The minimum atomic E-state index is -0.421. The van der Waals surface area contributed by atoms with Crippen LogP contribution in [-0.4, -0.2) is 21.1 Å². The first kappa shape index (κ1) is 23.8. The summed E-state index contributed by atoms with van der Waals surface area (Å²) in [5.41, 5.74) is 4.70. The summed E-state index contributed by atoms with van der Waals surface area (Å²) in [5.74, 6) is 0.880. The van der Waals surface area contributed by atoms with Gasteiger partial charge in [-0.1, -0.05) is 47.3 Å². The van der Waals surface area contributed by atoms with Gasteiger partial charge in [-0.15, -0.1) is 0 Å². The summed E-state index contributed by atoms with van der Waals surface area (Å²) in [7, 11) is 0. The highest BCUT2D eigenvalue weighted by molar-refractivity contribution is 8.14. The topological polar surface area (TPSA) is 67.9 Å². The first-order valence-corrected chi connectivity index (χ1v) is 12.3. The molecule has 6 nitrogen and oxygen atoms in total. The maximum atomic E-state index is 13.7.